The first kappa shape index (κ1) is 7.05. The molecule has 0 bridgehead atoms. The summed E-state index contributed by atoms with van der Waals surface area (Å²) in [7, 11) is 0. The summed E-state index contributed by atoms with van der Waals surface area (Å²) in [6.07, 6.45) is 0.387. The smallest absolute Gasteiger partial charge is 0.319 e. The number of rotatable bonds is 2. The fourth-order valence-corrected chi connectivity index (χ4v) is 1.17. The predicted molar refractivity (Wildman–Crippen MR) is 33.0 cm³/mol. The highest BCUT2D eigenvalue weighted by Gasteiger charge is 2.62. The van der Waals surface area contributed by atoms with Crippen molar-refractivity contribution in [3.63, 3.8) is 0 Å². The fraction of sp³-hybridized carbons (Fsp3) is 0.667. The normalized spacial score (nSPS) is 37.1. The Morgan fingerprint density at radius 2 is 2.10 bits per heavy atom. The van der Waals surface area contributed by atoms with E-state index in [0.29, 0.717) is 6.42 Å². The van der Waals surface area contributed by atoms with E-state index in [4.69, 9.17) is 10.8 Å². The molecule has 1 amide bonds. The summed E-state index contributed by atoms with van der Waals surface area (Å²) in [6, 6.07) is 0. The summed E-state index contributed by atoms with van der Waals surface area (Å²) in [5, 5.41) is 8.54. The van der Waals surface area contributed by atoms with E-state index in [0.717, 1.165) is 0 Å². The van der Waals surface area contributed by atoms with Crippen molar-refractivity contribution in [2.24, 2.45) is 17.1 Å². The average molecular weight is 143 g/mol. The van der Waals surface area contributed by atoms with Gasteiger partial charge in [-0.2, -0.15) is 0 Å². The molecule has 0 spiro atoms. The molecular formula is C6H9NO3. The number of hydrogen-bond donors (Lipinski definition) is 2. The molecule has 4 heteroatoms. The minimum absolute atomic E-state index is 0.0949. The van der Waals surface area contributed by atoms with E-state index in [-0.39, 0.29) is 5.92 Å². The molecule has 1 rings (SSSR count). The van der Waals surface area contributed by atoms with Crippen molar-refractivity contribution in [1.29, 1.82) is 0 Å². The van der Waals surface area contributed by atoms with Crippen LogP contribution in [0.3, 0.4) is 0 Å². The highest BCUT2D eigenvalue weighted by molar-refractivity contribution is 6.04. The predicted octanol–water partition coefficient (Wildman–Crippen LogP) is -0.418. The van der Waals surface area contributed by atoms with Crippen LogP contribution in [-0.4, -0.2) is 17.0 Å². The maximum absolute atomic E-state index is 10.6. The van der Waals surface area contributed by atoms with Gasteiger partial charge in [-0.1, -0.05) is 6.92 Å². The van der Waals surface area contributed by atoms with E-state index in [9.17, 15) is 9.59 Å². The van der Waals surface area contributed by atoms with Gasteiger partial charge in [-0.3, -0.25) is 9.59 Å². The van der Waals surface area contributed by atoms with Crippen molar-refractivity contribution >= 4 is 11.9 Å². The van der Waals surface area contributed by atoms with Crippen molar-refractivity contribution in [2.45, 2.75) is 13.3 Å². The van der Waals surface area contributed by atoms with Gasteiger partial charge in [0, 0.05) is 0 Å². The maximum Gasteiger partial charge on any atom is 0.319 e. The van der Waals surface area contributed by atoms with Crippen molar-refractivity contribution < 1.29 is 14.7 Å². The molecule has 0 aromatic carbocycles. The summed E-state index contributed by atoms with van der Waals surface area (Å²) in [5.74, 6) is -1.90. The van der Waals surface area contributed by atoms with Crippen LogP contribution in [0.15, 0.2) is 0 Å². The van der Waals surface area contributed by atoms with Gasteiger partial charge in [0.25, 0.3) is 0 Å². The molecule has 1 aliphatic rings. The van der Waals surface area contributed by atoms with Crippen LogP contribution in [0.5, 0.6) is 0 Å². The topological polar surface area (TPSA) is 80.4 Å². The highest BCUT2D eigenvalue weighted by atomic mass is 16.4. The average Bonchev–Trinajstić information content (AvgIpc) is 2.42. The van der Waals surface area contributed by atoms with Crippen LogP contribution in [0, 0.1) is 11.3 Å². The molecule has 0 radical (unpaired) electrons. The van der Waals surface area contributed by atoms with Gasteiger partial charge >= 0.3 is 5.97 Å². The number of carboxylic acids is 1. The molecule has 1 unspecified atom stereocenters. The monoisotopic (exact) mass is 143 g/mol. The summed E-state index contributed by atoms with van der Waals surface area (Å²) in [4.78, 5) is 21.0. The minimum Gasteiger partial charge on any atom is -0.480 e. The van der Waals surface area contributed by atoms with E-state index in [1.165, 1.54) is 0 Å². The Hall–Kier alpha value is -1.06. The quantitative estimate of drug-likeness (QED) is 0.515. The van der Waals surface area contributed by atoms with Gasteiger partial charge in [-0.05, 0) is 12.3 Å². The van der Waals surface area contributed by atoms with Crippen LogP contribution in [0.1, 0.15) is 13.3 Å². The Labute approximate surface area is 58.0 Å². The second kappa shape index (κ2) is 1.71. The molecule has 1 aliphatic carbocycles. The molecule has 1 fully saturated rings. The van der Waals surface area contributed by atoms with Crippen LogP contribution in [0.2, 0.25) is 0 Å². The van der Waals surface area contributed by atoms with Crippen molar-refractivity contribution in [3.8, 4) is 0 Å². The Kier molecular flexibility index (Phi) is 1.21. The van der Waals surface area contributed by atoms with Gasteiger partial charge in [0.15, 0.2) is 0 Å². The van der Waals surface area contributed by atoms with E-state index >= 15 is 0 Å². The molecule has 0 saturated heterocycles. The molecule has 0 heterocycles. The molecule has 56 valence electrons. The zero-order valence-electron chi connectivity index (χ0n) is 5.63. The second-order valence-electron chi connectivity index (χ2n) is 2.75. The first-order chi connectivity index (χ1) is 4.51. The van der Waals surface area contributed by atoms with E-state index in [2.05, 4.69) is 0 Å². The number of carbonyl (C=O) groups excluding carboxylic acids is 1. The molecule has 4 nitrogen and oxygen atoms in total. The minimum atomic E-state index is -1.24. The molecule has 10 heavy (non-hydrogen) atoms. The van der Waals surface area contributed by atoms with E-state index in [1.54, 1.807) is 6.92 Å². The maximum atomic E-state index is 10.6. The van der Waals surface area contributed by atoms with Gasteiger partial charge in [-0.15, -0.1) is 0 Å². The van der Waals surface area contributed by atoms with Gasteiger partial charge in [0.2, 0.25) is 5.91 Å². The third-order valence-corrected chi connectivity index (χ3v) is 2.13. The second-order valence-corrected chi connectivity index (χ2v) is 2.75. The van der Waals surface area contributed by atoms with Crippen LogP contribution < -0.4 is 5.73 Å². The summed E-state index contributed by atoms with van der Waals surface area (Å²) < 4.78 is 0. The Morgan fingerprint density at radius 1 is 1.70 bits per heavy atom. The molecule has 0 aromatic heterocycles. The van der Waals surface area contributed by atoms with Crippen LogP contribution in [0.4, 0.5) is 0 Å². The summed E-state index contributed by atoms with van der Waals surface area (Å²) in [6.45, 7) is 1.71. The summed E-state index contributed by atoms with van der Waals surface area (Å²) >= 11 is 0. The van der Waals surface area contributed by atoms with Gasteiger partial charge in [-0.25, -0.2) is 0 Å². The lowest BCUT2D eigenvalue weighted by Gasteiger charge is -2.03. The lowest BCUT2D eigenvalue weighted by molar-refractivity contribution is -0.148. The molecule has 0 aromatic rings. The molecule has 1 saturated carbocycles. The third kappa shape index (κ3) is 0.616. The van der Waals surface area contributed by atoms with Crippen LogP contribution >= 0.6 is 0 Å². The fourth-order valence-electron chi connectivity index (χ4n) is 1.17. The number of aliphatic carboxylic acids is 1. The SMILES string of the molecule is CC1C[C@@]1(C(N)=O)C(=O)O. The largest absolute Gasteiger partial charge is 0.480 e. The number of hydrogen-bond acceptors (Lipinski definition) is 2. The van der Waals surface area contributed by atoms with E-state index < -0.39 is 17.3 Å². The van der Waals surface area contributed by atoms with Gasteiger partial charge in [0.05, 0.1) is 0 Å². The first-order valence-electron chi connectivity index (χ1n) is 3.05. The number of primary amides is 1. The lowest BCUT2D eigenvalue weighted by atomic mass is 10.0. The number of carboxylic acid groups (broad SMARTS) is 1. The number of nitrogens with two attached hydrogens (primary N) is 1. The number of carbonyl (C=O) groups is 2. The molecule has 2 atom stereocenters. The van der Waals surface area contributed by atoms with Crippen LogP contribution in [0.25, 0.3) is 0 Å². The van der Waals surface area contributed by atoms with Gasteiger partial charge < -0.3 is 10.8 Å². The Bertz CT molecular complexity index is 185. The molecular weight excluding hydrogens is 134 g/mol. The summed E-state index contributed by atoms with van der Waals surface area (Å²) in [5.41, 5.74) is 3.67. The Balaban J connectivity index is 2.83. The Morgan fingerprint density at radius 3 is 2.10 bits per heavy atom. The van der Waals surface area contributed by atoms with Crippen molar-refractivity contribution in [3.05, 3.63) is 0 Å². The zero-order chi connectivity index (χ0) is 7.94. The number of amides is 1. The van der Waals surface area contributed by atoms with E-state index in [1.807, 2.05) is 0 Å². The van der Waals surface area contributed by atoms with Crippen LogP contribution in [-0.2, 0) is 9.59 Å². The third-order valence-electron chi connectivity index (χ3n) is 2.13. The lowest BCUT2D eigenvalue weighted by Crippen LogP contribution is -2.33. The first-order valence-corrected chi connectivity index (χ1v) is 3.05. The molecule has 3 N–H and O–H groups in total. The van der Waals surface area contributed by atoms with Crippen molar-refractivity contribution in [1.82, 2.24) is 0 Å². The van der Waals surface area contributed by atoms with Crippen molar-refractivity contribution in [2.75, 3.05) is 0 Å². The highest BCUT2D eigenvalue weighted by Crippen LogP contribution is 2.52. The zero-order valence-corrected chi connectivity index (χ0v) is 5.63. The standard InChI is InChI=1S/C6H9NO3/c1-3-2-6(3,4(7)8)5(9)10/h3H,2H2,1H3,(H2,7,8)(H,9,10)/t3?,6-/m1/s1. The van der Waals surface area contributed by atoms with Gasteiger partial charge in [0.1, 0.15) is 5.41 Å². The molecule has 0 aliphatic heterocycles.